The molecule has 29 heavy (non-hydrogen) atoms. The number of anilines is 1. The van der Waals surface area contributed by atoms with Crippen LogP contribution in [0.15, 0.2) is 72.9 Å². The summed E-state index contributed by atoms with van der Waals surface area (Å²) in [5, 5.41) is 8.34. The number of pyridine rings is 1. The Morgan fingerprint density at radius 1 is 0.828 bits per heavy atom. The van der Waals surface area contributed by atoms with E-state index in [1.165, 1.54) is 5.69 Å². The Kier molecular flexibility index (Phi) is 4.40. The molecule has 4 aromatic rings. The van der Waals surface area contributed by atoms with Gasteiger partial charge in [-0.05, 0) is 42.5 Å². The number of nitrogens with zero attached hydrogens (tertiary/aromatic N) is 6. The average Bonchev–Trinajstić information content (AvgIpc) is 3.24. The number of hydrogen-bond acceptors (Lipinski definition) is 5. The van der Waals surface area contributed by atoms with Crippen LogP contribution in [-0.2, 0) is 0 Å². The zero-order valence-corrected chi connectivity index (χ0v) is 15.8. The molecule has 0 aliphatic carbocycles. The maximum atomic E-state index is 13.1. The highest BCUT2D eigenvalue weighted by atomic mass is 16.2. The molecule has 5 rings (SSSR count). The lowest BCUT2D eigenvalue weighted by molar-refractivity contribution is 0.0746. The van der Waals surface area contributed by atoms with Gasteiger partial charge in [0, 0.05) is 43.6 Å². The number of carbonyl (C=O) groups is 1. The predicted molar refractivity (Wildman–Crippen MR) is 111 cm³/mol. The van der Waals surface area contributed by atoms with E-state index in [4.69, 9.17) is 0 Å². The van der Waals surface area contributed by atoms with E-state index in [0.29, 0.717) is 24.3 Å². The Bertz CT molecular complexity index is 1150. The Hall–Kier alpha value is -3.74. The predicted octanol–water partition coefficient (Wildman–Crippen LogP) is 2.78. The summed E-state index contributed by atoms with van der Waals surface area (Å²) >= 11 is 0. The summed E-state index contributed by atoms with van der Waals surface area (Å²) < 4.78 is 1.67. The summed E-state index contributed by atoms with van der Waals surface area (Å²) in [4.78, 5) is 21.7. The number of rotatable bonds is 3. The third-order valence-corrected chi connectivity index (χ3v) is 5.23. The van der Waals surface area contributed by atoms with Crippen molar-refractivity contribution in [1.29, 1.82) is 0 Å². The summed E-state index contributed by atoms with van der Waals surface area (Å²) in [5.74, 6) is 0.0388. The minimum atomic E-state index is 0.0388. The second kappa shape index (κ2) is 7.35. The molecule has 7 nitrogen and oxygen atoms in total. The van der Waals surface area contributed by atoms with Crippen molar-refractivity contribution < 1.29 is 4.79 Å². The molecule has 0 saturated carbocycles. The number of carbonyl (C=O) groups excluding carboxylic acids is 1. The fourth-order valence-electron chi connectivity index (χ4n) is 3.70. The normalized spacial score (nSPS) is 14.3. The van der Waals surface area contributed by atoms with E-state index in [1.807, 2.05) is 59.5 Å². The van der Waals surface area contributed by atoms with Gasteiger partial charge in [0.1, 0.15) is 5.52 Å². The largest absolute Gasteiger partial charge is 0.368 e. The molecule has 3 heterocycles. The van der Waals surface area contributed by atoms with Crippen LogP contribution in [0.4, 0.5) is 5.69 Å². The first-order valence-corrected chi connectivity index (χ1v) is 9.66. The molecule has 7 heteroatoms. The minimum absolute atomic E-state index is 0.0388. The van der Waals surface area contributed by atoms with E-state index < -0.39 is 0 Å². The molecule has 0 N–H and O–H groups in total. The first kappa shape index (κ1) is 17.4. The zero-order chi connectivity index (χ0) is 19.6. The molecule has 0 spiro atoms. The molecular formula is C22H20N6O. The molecular weight excluding hydrogens is 364 g/mol. The van der Waals surface area contributed by atoms with Crippen molar-refractivity contribution in [2.24, 2.45) is 0 Å². The molecule has 0 atom stereocenters. The van der Waals surface area contributed by atoms with Gasteiger partial charge in [0.15, 0.2) is 5.65 Å². The monoisotopic (exact) mass is 384 g/mol. The van der Waals surface area contributed by atoms with E-state index in [-0.39, 0.29) is 5.91 Å². The van der Waals surface area contributed by atoms with Crippen molar-refractivity contribution in [2.75, 3.05) is 31.1 Å². The quantitative estimate of drug-likeness (QED) is 0.543. The SMILES string of the molecule is O=C(c1cccc(-n2nnc3cccnc32)c1)N1CCN(c2ccccc2)CC1. The third-order valence-electron chi connectivity index (χ3n) is 5.23. The number of para-hydroxylation sites is 1. The molecule has 0 unspecified atom stereocenters. The van der Waals surface area contributed by atoms with Crippen molar-refractivity contribution >= 4 is 22.8 Å². The smallest absolute Gasteiger partial charge is 0.254 e. The van der Waals surface area contributed by atoms with Crippen molar-refractivity contribution in [2.45, 2.75) is 0 Å². The number of fused-ring (bicyclic) bond motifs is 1. The molecule has 1 saturated heterocycles. The fraction of sp³-hybridized carbons (Fsp3) is 0.182. The van der Waals surface area contributed by atoms with Crippen LogP contribution in [0.5, 0.6) is 0 Å². The highest BCUT2D eigenvalue weighted by molar-refractivity contribution is 5.95. The molecule has 144 valence electrons. The standard InChI is InChI=1S/C22H20N6O/c29-22(27-14-12-26(13-15-27)18-7-2-1-3-8-18)17-6-4-9-19(16-17)28-21-20(24-25-28)10-5-11-23-21/h1-11,16H,12-15H2. The number of benzene rings is 2. The van der Waals surface area contributed by atoms with Crippen LogP contribution in [0.25, 0.3) is 16.9 Å². The van der Waals surface area contributed by atoms with Crippen molar-refractivity contribution in [3.8, 4) is 5.69 Å². The van der Waals surface area contributed by atoms with Gasteiger partial charge in [-0.2, -0.15) is 4.68 Å². The number of piperazine rings is 1. The number of amides is 1. The molecule has 0 bridgehead atoms. The Morgan fingerprint density at radius 2 is 1.62 bits per heavy atom. The Balaban J connectivity index is 1.34. The van der Waals surface area contributed by atoms with E-state index in [0.717, 1.165) is 24.3 Å². The third kappa shape index (κ3) is 3.31. The topological polar surface area (TPSA) is 67.2 Å². The highest BCUT2D eigenvalue weighted by Gasteiger charge is 2.22. The van der Waals surface area contributed by atoms with E-state index in [2.05, 4.69) is 32.3 Å². The minimum Gasteiger partial charge on any atom is -0.368 e. The average molecular weight is 384 g/mol. The highest BCUT2D eigenvalue weighted by Crippen LogP contribution is 2.19. The van der Waals surface area contributed by atoms with Gasteiger partial charge in [-0.3, -0.25) is 4.79 Å². The first-order valence-electron chi connectivity index (χ1n) is 9.66. The second-order valence-corrected chi connectivity index (χ2v) is 7.01. The maximum Gasteiger partial charge on any atom is 0.254 e. The van der Waals surface area contributed by atoms with Crippen LogP contribution < -0.4 is 4.90 Å². The van der Waals surface area contributed by atoms with Gasteiger partial charge in [-0.25, -0.2) is 4.98 Å². The summed E-state index contributed by atoms with van der Waals surface area (Å²) in [6.07, 6.45) is 1.71. The van der Waals surface area contributed by atoms with Gasteiger partial charge in [0.05, 0.1) is 5.69 Å². The molecule has 1 aliphatic heterocycles. The zero-order valence-electron chi connectivity index (χ0n) is 15.8. The molecule has 1 aliphatic rings. The molecule has 0 radical (unpaired) electrons. The number of aromatic nitrogens is 4. The summed E-state index contributed by atoms with van der Waals surface area (Å²) in [6.45, 7) is 3.05. The summed E-state index contributed by atoms with van der Waals surface area (Å²) in [5.41, 5.74) is 4.03. The second-order valence-electron chi connectivity index (χ2n) is 7.01. The van der Waals surface area contributed by atoms with Crippen LogP contribution in [0.2, 0.25) is 0 Å². The maximum absolute atomic E-state index is 13.1. The van der Waals surface area contributed by atoms with E-state index >= 15 is 0 Å². The van der Waals surface area contributed by atoms with Crippen molar-refractivity contribution in [3.63, 3.8) is 0 Å². The van der Waals surface area contributed by atoms with Crippen molar-refractivity contribution in [1.82, 2.24) is 24.9 Å². The van der Waals surface area contributed by atoms with E-state index in [1.54, 1.807) is 10.9 Å². The van der Waals surface area contributed by atoms with Crippen LogP contribution in [0.1, 0.15) is 10.4 Å². The molecule has 1 amide bonds. The van der Waals surface area contributed by atoms with Gasteiger partial charge in [0.2, 0.25) is 0 Å². The lowest BCUT2D eigenvalue weighted by Gasteiger charge is -2.36. The van der Waals surface area contributed by atoms with Gasteiger partial charge < -0.3 is 9.80 Å². The van der Waals surface area contributed by atoms with Gasteiger partial charge in [-0.15, -0.1) is 5.10 Å². The number of hydrogen-bond donors (Lipinski definition) is 0. The molecule has 2 aromatic heterocycles. The van der Waals surface area contributed by atoms with Crippen LogP contribution in [0.3, 0.4) is 0 Å². The lowest BCUT2D eigenvalue weighted by Crippen LogP contribution is -2.48. The van der Waals surface area contributed by atoms with Crippen molar-refractivity contribution in [3.05, 3.63) is 78.5 Å². The fourth-order valence-corrected chi connectivity index (χ4v) is 3.70. The van der Waals surface area contributed by atoms with Gasteiger partial charge in [-0.1, -0.05) is 29.5 Å². The van der Waals surface area contributed by atoms with Gasteiger partial charge >= 0.3 is 0 Å². The summed E-state index contributed by atoms with van der Waals surface area (Å²) in [6, 6.07) is 21.5. The lowest BCUT2D eigenvalue weighted by atomic mass is 10.1. The summed E-state index contributed by atoms with van der Waals surface area (Å²) in [7, 11) is 0. The molecule has 1 fully saturated rings. The molecule has 2 aromatic carbocycles. The van der Waals surface area contributed by atoms with Crippen LogP contribution in [0, 0.1) is 0 Å². The van der Waals surface area contributed by atoms with E-state index in [9.17, 15) is 4.79 Å². The Morgan fingerprint density at radius 3 is 2.45 bits per heavy atom. The van der Waals surface area contributed by atoms with Crippen LogP contribution >= 0.6 is 0 Å². The van der Waals surface area contributed by atoms with Crippen LogP contribution in [-0.4, -0.2) is 57.0 Å². The van der Waals surface area contributed by atoms with Gasteiger partial charge in [0.25, 0.3) is 5.91 Å². The first-order chi connectivity index (χ1) is 14.3. The Labute approximate surface area is 168 Å².